The van der Waals surface area contributed by atoms with Crippen molar-refractivity contribution in [3.05, 3.63) is 30.1 Å². The topological polar surface area (TPSA) is 20.3 Å². The van der Waals surface area contributed by atoms with Crippen molar-refractivity contribution in [3.8, 4) is 0 Å². The van der Waals surface area contributed by atoms with Gasteiger partial charge in [0.2, 0.25) is 5.91 Å². The van der Waals surface area contributed by atoms with E-state index in [-0.39, 0.29) is 11.7 Å². The van der Waals surface area contributed by atoms with Gasteiger partial charge in [-0.25, -0.2) is 4.39 Å². The second kappa shape index (κ2) is 3.34. The maximum Gasteiger partial charge on any atom is 0.223 e. The second-order valence-electron chi connectivity index (χ2n) is 2.53. The molecule has 0 N–H and O–H groups in total. The largest absolute Gasteiger partial charge is 0.313 e. The first-order valence-corrected chi connectivity index (χ1v) is 3.61. The molecule has 0 aliphatic rings. The highest BCUT2D eigenvalue weighted by Gasteiger charge is 2.08. The first kappa shape index (κ1) is 8.71. The highest BCUT2D eigenvalue weighted by molar-refractivity contribution is 5.90. The lowest BCUT2D eigenvalue weighted by Gasteiger charge is -2.14. The number of amides is 1. The van der Waals surface area contributed by atoms with Crippen LogP contribution in [0.4, 0.5) is 10.1 Å². The first-order valence-electron chi connectivity index (χ1n) is 3.61. The molecule has 0 saturated carbocycles. The van der Waals surface area contributed by atoms with Crippen LogP contribution in [0.2, 0.25) is 0 Å². The van der Waals surface area contributed by atoms with E-state index in [9.17, 15) is 9.18 Å². The Morgan fingerprint density at radius 1 is 1.42 bits per heavy atom. The summed E-state index contributed by atoms with van der Waals surface area (Å²) in [5, 5.41) is 0. The third kappa shape index (κ3) is 1.61. The van der Waals surface area contributed by atoms with E-state index in [2.05, 4.69) is 0 Å². The molecule has 64 valence electrons. The average Bonchev–Trinajstić information content (AvgIpc) is 2.04. The number of nitrogens with zero attached hydrogens (tertiary/aromatic N) is 1. The Kier molecular flexibility index (Phi) is 2.43. The van der Waals surface area contributed by atoms with Crippen molar-refractivity contribution in [1.29, 1.82) is 0 Å². The Morgan fingerprint density at radius 3 is 2.50 bits per heavy atom. The minimum Gasteiger partial charge on any atom is -0.313 e. The van der Waals surface area contributed by atoms with Gasteiger partial charge in [-0.15, -0.1) is 0 Å². The number of carbonyl (C=O) groups excluding carboxylic acids is 1. The molecular weight excluding hydrogens is 157 g/mol. The van der Waals surface area contributed by atoms with Crippen molar-refractivity contribution in [2.45, 2.75) is 6.92 Å². The van der Waals surface area contributed by atoms with E-state index in [4.69, 9.17) is 0 Å². The van der Waals surface area contributed by atoms with Crippen LogP contribution in [0.1, 0.15) is 6.92 Å². The van der Waals surface area contributed by atoms with E-state index in [1.54, 1.807) is 25.2 Å². The van der Waals surface area contributed by atoms with Crippen LogP contribution in [-0.2, 0) is 4.79 Å². The Balaban J connectivity index is 3.02. The normalized spacial score (nSPS) is 9.58. The first-order chi connectivity index (χ1) is 5.63. The minimum atomic E-state index is -0.379. The summed E-state index contributed by atoms with van der Waals surface area (Å²) in [5.74, 6) is -0.560. The standard InChI is InChI=1S/C9H10FNO/c1-7(12)11(2)9-6-4-3-5-8(9)10/h3-6H,1-2H3. The number of rotatable bonds is 1. The minimum absolute atomic E-state index is 0.180. The number of para-hydroxylation sites is 1. The maximum absolute atomic E-state index is 13.0. The highest BCUT2D eigenvalue weighted by Crippen LogP contribution is 2.16. The van der Waals surface area contributed by atoms with Crippen LogP contribution < -0.4 is 4.90 Å². The van der Waals surface area contributed by atoms with Crippen molar-refractivity contribution >= 4 is 11.6 Å². The van der Waals surface area contributed by atoms with Gasteiger partial charge in [0.1, 0.15) is 5.82 Å². The quantitative estimate of drug-likeness (QED) is 0.624. The van der Waals surface area contributed by atoms with Gasteiger partial charge in [-0.3, -0.25) is 4.79 Å². The molecule has 12 heavy (non-hydrogen) atoms. The van der Waals surface area contributed by atoms with Gasteiger partial charge in [-0.2, -0.15) is 0 Å². The van der Waals surface area contributed by atoms with Gasteiger partial charge in [-0.05, 0) is 12.1 Å². The van der Waals surface area contributed by atoms with Crippen LogP contribution in [0, 0.1) is 5.82 Å². The van der Waals surface area contributed by atoms with Crippen molar-refractivity contribution in [2.24, 2.45) is 0 Å². The fourth-order valence-corrected chi connectivity index (χ4v) is 0.893. The molecule has 1 amide bonds. The lowest BCUT2D eigenvalue weighted by Crippen LogP contribution is -2.23. The monoisotopic (exact) mass is 167 g/mol. The predicted octanol–water partition coefficient (Wildman–Crippen LogP) is 1.81. The maximum atomic E-state index is 13.0. The molecule has 3 heteroatoms. The van der Waals surface area contributed by atoms with E-state index in [1.165, 1.54) is 17.9 Å². The molecule has 1 rings (SSSR count). The second-order valence-corrected chi connectivity index (χ2v) is 2.53. The van der Waals surface area contributed by atoms with Crippen molar-refractivity contribution < 1.29 is 9.18 Å². The fraction of sp³-hybridized carbons (Fsp3) is 0.222. The Labute approximate surface area is 70.6 Å². The summed E-state index contributed by atoms with van der Waals surface area (Å²) >= 11 is 0. The zero-order valence-electron chi connectivity index (χ0n) is 7.04. The van der Waals surface area contributed by atoms with E-state index >= 15 is 0 Å². The number of hydrogen-bond donors (Lipinski definition) is 0. The number of anilines is 1. The third-order valence-corrected chi connectivity index (χ3v) is 1.69. The van der Waals surface area contributed by atoms with Crippen LogP contribution >= 0.6 is 0 Å². The SMILES string of the molecule is CC(=O)N(C)c1ccccc1F. The van der Waals surface area contributed by atoms with Crippen LogP contribution in [0.25, 0.3) is 0 Å². The summed E-state index contributed by atoms with van der Waals surface area (Å²) < 4.78 is 13.0. The van der Waals surface area contributed by atoms with Gasteiger partial charge in [0.05, 0.1) is 5.69 Å². The molecule has 2 nitrogen and oxygen atoms in total. The van der Waals surface area contributed by atoms with E-state index < -0.39 is 0 Å². The molecule has 0 radical (unpaired) electrons. The van der Waals surface area contributed by atoms with Crippen LogP contribution in [0.5, 0.6) is 0 Å². The van der Waals surface area contributed by atoms with E-state index in [1.807, 2.05) is 0 Å². The van der Waals surface area contributed by atoms with Gasteiger partial charge >= 0.3 is 0 Å². The van der Waals surface area contributed by atoms with Crippen molar-refractivity contribution in [3.63, 3.8) is 0 Å². The molecule has 0 aliphatic heterocycles. The molecule has 1 aromatic carbocycles. The van der Waals surface area contributed by atoms with Gasteiger partial charge in [0.25, 0.3) is 0 Å². The molecule has 0 unspecified atom stereocenters. The molecule has 0 bridgehead atoms. The van der Waals surface area contributed by atoms with Crippen LogP contribution in [-0.4, -0.2) is 13.0 Å². The summed E-state index contributed by atoms with van der Waals surface area (Å²) in [6, 6.07) is 6.18. The number of hydrogen-bond acceptors (Lipinski definition) is 1. The van der Waals surface area contributed by atoms with Gasteiger partial charge in [0, 0.05) is 14.0 Å². The van der Waals surface area contributed by atoms with Gasteiger partial charge in [0.15, 0.2) is 0 Å². The molecule has 0 saturated heterocycles. The fourth-order valence-electron chi connectivity index (χ4n) is 0.893. The highest BCUT2D eigenvalue weighted by atomic mass is 19.1. The molecule has 0 aromatic heterocycles. The Bertz CT molecular complexity index is 298. The average molecular weight is 167 g/mol. The number of benzene rings is 1. The summed E-state index contributed by atoms with van der Waals surface area (Å²) in [6.07, 6.45) is 0. The Hall–Kier alpha value is -1.38. The zero-order chi connectivity index (χ0) is 9.14. The summed E-state index contributed by atoms with van der Waals surface area (Å²) in [5.41, 5.74) is 0.310. The molecule has 0 aliphatic carbocycles. The van der Waals surface area contributed by atoms with Crippen LogP contribution in [0.15, 0.2) is 24.3 Å². The molecule has 1 aromatic rings. The van der Waals surface area contributed by atoms with Gasteiger partial charge in [-0.1, -0.05) is 12.1 Å². The molecule has 0 heterocycles. The summed E-state index contributed by atoms with van der Waals surface area (Å²) in [7, 11) is 1.54. The molecule has 0 fully saturated rings. The summed E-state index contributed by atoms with van der Waals surface area (Å²) in [4.78, 5) is 12.1. The smallest absolute Gasteiger partial charge is 0.223 e. The predicted molar refractivity (Wildman–Crippen MR) is 45.5 cm³/mol. The third-order valence-electron chi connectivity index (χ3n) is 1.69. The Morgan fingerprint density at radius 2 is 2.00 bits per heavy atom. The van der Waals surface area contributed by atoms with Crippen molar-refractivity contribution in [1.82, 2.24) is 0 Å². The summed E-state index contributed by atoms with van der Waals surface area (Å²) in [6.45, 7) is 1.40. The molecule has 0 spiro atoms. The lowest BCUT2D eigenvalue weighted by molar-refractivity contribution is -0.116. The van der Waals surface area contributed by atoms with Gasteiger partial charge < -0.3 is 4.90 Å². The van der Waals surface area contributed by atoms with Crippen LogP contribution in [0.3, 0.4) is 0 Å². The van der Waals surface area contributed by atoms with E-state index in [0.717, 1.165) is 0 Å². The number of carbonyl (C=O) groups is 1. The molecular formula is C9H10FNO. The van der Waals surface area contributed by atoms with E-state index in [0.29, 0.717) is 5.69 Å². The van der Waals surface area contributed by atoms with Crippen molar-refractivity contribution in [2.75, 3.05) is 11.9 Å². The number of halogens is 1. The molecule has 0 atom stereocenters. The zero-order valence-corrected chi connectivity index (χ0v) is 7.04. The lowest BCUT2D eigenvalue weighted by atomic mass is 10.3.